The summed E-state index contributed by atoms with van der Waals surface area (Å²) in [5, 5.41) is 37.6. The molecule has 2 heterocycles. The Labute approximate surface area is 183 Å². The molecular weight excluding hydrogens is 408 g/mol. The molecule has 3 aromatic rings. The summed E-state index contributed by atoms with van der Waals surface area (Å²) in [5.41, 5.74) is 2.63. The van der Waals surface area contributed by atoms with Gasteiger partial charge in [-0.2, -0.15) is 10.5 Å². The van der Waals surface area contributed by atoms with Crippen molar-refractivity contribution in [1.82, 2.24) is 9.97 Å². The number of rotatable bonds is 5. The highest BCUT2D eigenvalue weighted by atomic mass is 16.4. The quantitative estimate of drug-likeness (QED) is 0.463. The molecule has 8 nitrogen and oxygen atoms in total. The molecule has 0 saturated heterocycles. The number of carboxylic acids is 2. The maximum Gasteiger partial charge on any atom is 0.346 e. The van der Waals surface area contributed by atoms with Gasteiger partial charge in [0.15, 0.2) is 0 Å². The molecule has 0 atom stereocenters. The molecule has 0 aliphatic carbocycles. The third kappa shape index (κ3) is 4.35. The third-order valence-electron chi connectivity index (χ3n) is 4.65. The van der Waals surface area contributed by atoms with Gasteiger partial charge in [0.05, 0.1) is 11.2 Å². The second kappa shape index (κ2) is 8.90. The lowest BCUT2D eigenvalue weighted by Crippen LogP contribution is -2.02. The molecule has 0 spiro atoms. The Balaban J connectivity index is 2.40. The van der Waals surface area contributed by atoms with Crippen molar-refractivity contribution in [3.05, 3.63) is 70.1 Å². The van der Waals surface area contributed by atoms with Crippen LogP contribution >= 0.6 is 0 Å². The Bertz CT molecular complexity index is 1420. The molecule has 0 saturated carbocycles. The second-order valence-electron chi connectivity index (χ2n) is 6.88. The maximum absolute atomic E-state index is 11.5. The van der Waals surface area contributed by atoms with Crippen LogP contribution in [-0.2, 0) is 9.59 Å². The smallest absolute Gasteiger partial charge is 0.346 e. The van der Waals surface area contributed by atoms with E-state index in [1.165, 1.54) is 12.2 Å². The van der Waals surface area contributed by atoms with Gasteiger partial charge in [-0.25, -0.2) is 9.59 Å². The number of hydrogen-bond acceptors (Lipinski definition) is 6. The number of aromatic nitrogens is 2. The number of benzene rings is 1. The largest absolute Gasteiger partial charge is 0.477 e. The third-order valence-corrected chi connectivity index (χ3v) is 4.65. The lowest BCUT2D eigenvalue weighted by molar-refractivity contribution is -0.133. The first-order valence-corrected chi connectivity index (χ1v) is 9.33. The van der Waals surface area contributed by atoms with E-state index < -0.39 is 23.1 Å². The normalized spacial score (nSPS) is 11.6. The maximum atomic E-state index is 11.5. The molecular formula is C24H16N4O4. The van der Waals surface area contributed by atoms with Crippen LogP contribution in [0.25, 0.3) is 34.3 Å². The fourth-order valence-corrected chi connectivity index (χ4v) is 3.34. The lowest BCUT2D eigenvalue weighted by atomic mass is 9.95. The van der Waals surface area contributed by atoms with Gasteiger partial charge in [0, 0.05) is 22.3 Å². The first-order valence-electron chi connectivity index (χ1n) is 9.33. The van der Waals surface area contributed by atoms with Crippen molar-refractivity contribution in [1.29, 1.82) is 10.5 Å². The average molecular weight is 424 g/mol. The number of hydrogen-bond donors (Lipinski definition) is 2. The minimum absolute atomic E-state index is 0.406. The van der Waals surface area contributed by atoms with Gasteiger partial charge in [0.25, 0.3) is 0 Å². The van der Waals surface area contributed by atoms with Crippen LogP contribution in [0.4, 0.5) is 0 Å². The highest BCUT2D eigenvalue weighted by molar-refractivity contribution is 6.03. The van der Waals surface area contributed by atoms with Crippen molar-refractivity contribution in [3.63, 3.8) is 0 Å². The molecule has 0 radical (unpaired) electrons. The number of aryl methyl sites for hydroxylation is 2. The van der Waals surface area contributed by atoms with Gasteiger partial charge in [0.2, 0.25) is 0 Å². The minimum atomic E-state index is -1.36. The summed E-state index contributed by atoms with van der Waals surface area (Å²) < 4.78 is 0. The Morgan fingerprint density at radius 2 is 1.56 bits per heavy atom. The summed E-state index contributed by atoms with van der Waals surface area (Å²) >= 11 is 0. The van der Waals surface area contributed by atoms with E-state index in [1.807, 2.05) is 0 Å². The van der Waals surface area contributed by atoms with Crippen LogP contribution in [0.3, 0.4) is 0 Å². The van der Waals surface area contributed by atoms with Gasteiger partial charge in [0.1, 0.15) is 23.3 Å². The second-order valence-corrected chi connectivity index (χ2v) is 6.88. The van der Waals surface area contributed by atoms with E-state index in [1.54, 1.807) is 62.4 Å². The van der Waals surface area contributed by atoms with Crippen LogP contribution in [0, 0.1) is 36.5 Å². The van der Waals surface area contributed by atoms with Crippen LogP contribution < -0.4 is 0 Å². The first-order chi connectivity index (χ1) is 15.2. The summed E-state index contributed by atoms with van der Waals surface area (Å²) in [6.45, 7) is 3.45. The van der Waals surface area contributed by atoms with Gasteiger partial charge in [-0.05, 0) is 55.3 Å². The monoisotopic (exact) mass is 424 g/mol. The fourth-order valence-electron chi connectivity index (χ4n) is 3.34. The predicted molar refractivity (Wildman–Crippen MR) is 117 cm³/mol. The van der Waals surface area contributed by atoms with Crippen LogP contribution in [-0.4, -0.2) is 32.1 Å². The number of carbonyl (C=O) groups is 2. The van der Waals surface area contributed by atoms with Crippen molar-refractivity contribution < 1.29 is 19.8 Å². The molecule has 0 aliphatic heterocycles. The lowest BCUT2D eigenvalue weighted by Gasteiger charge is -2.14. The average Bonchev–Trinajstić information content (AvgIpc) is 2.74. The standard InChI is InChI=1S/C24H16N4O4/c1-13-7-15(8-16(11-25)23(29)30)9-21(27-13)22-14(2)28-20-6-4-3-5-18(20)19(22)10-17(12-26)24(31)32/h3-10H,1-2H3,(H,29,30)(H,31,32)/b16-8+,17-10+. The van der Waals surface area contributed by atoms with E-state index >= 15 is 0 Å². The van der Waals surface area contributed by atoms with Gasteiger partial charge in [-0.15, -0.1) is 0 Å². The zero-order chi connectivity index (χ0) is 23.4. The van der Waals surface area contributed by atoms with E-state index in [9.17, 15) is 20.0 Å². The molecule has 0 unspecified atom stereocenters. The van der Waals surface area contributed by atoms with E-state index in [0.717, 1.165) is 0 Å². The van der Waals surface area contributed by atoms with Crippen LogP contribution in [0.15, 0.2) is 47.5 Å². The number of nitrogens with zero attached hydrogens (tertiary/aromatic N) is 4. The molecule has 0 amide bonds. The summed E-state index contributed by atoms with van der Waals surface area (Å²) in [7, 11) is 0. The zero-order valence-electron chi connectivity index (χ0n) is 17.1. The number of para-hydroxylation sites is 1. The topological polar surface area (TPSA) is 148 Å². The molecule has 0 bridgehead atoms. The molecule has 2 aromatic heterocycles. The van der Waals surface area contributed by atoms with Crippen LogP contribution in [0.5, 0.6) is 0 Å². The summed E-state index contributed by atoms with van der Waals surface area (Å²) in [4.78, 5) is 31.9. The summed E-state index contributed by atoms with van der Waals surface area (Å²) in [6, 6.07) is 13.7. The molecule has 2 N–H and O–H groups in total. The van der Waals surface area contributed by atoms with Crippen molar-refractivity contribution in [2.24, 2.45) is 0 Å². The summed E-state index contributed by atoms with van der Waals surface area (Å²) in [6.07, 6.45) is 2.52. The van der Waals surface area contributed by atoms with E-state index in [4.69, 9.17) is 10.4 Å². The Morgan fingerprint density at radius 3 is 2.19 bits per heavy atom. The van der Waals surface area contributed by atoms with Crippen LogP contribution in [0.1, 0.15) is 22.5 Å². The molecule has 32 heavy (non-hydrogen) atoms. The van der Waals surface area contributed by atoms with Crippen LogP contribution in [0.2, 0.25) is 0 Å². The number of fused-ring (bicyclic) bond motifs is 1. The number of aliphatic carboxylic acids is 2. The van der Waals surface area contributed by atoms with E-state index in [2.05, 4.69) is 9.97 Å². The number of carboxylic acid groups (broad SMARTS) is 2. The SMILES string of the molecule is Cc1cc(/C=C(\C#N)C(=O)O)cc(-c2c(C)nc3ccccc3c2/C=C(\C#N)C(=O)O)n1. The highest BCUT2D eigenvalue weighted by Gasteiger charge is 2.18. The molecule has 3 rings (SSSR count). The molecule has 1 aromatic carbocycles. The predicted octanol–water partition coefficient (Wildman–Crippen LogP) is 3.90. The van der Waals surface area contributed by atoms with Crippen molar-refractivity contribution in [2.75, 3.05) is 0 Å². The van der Waals surface area contributed by atoms with Gasteiger partial charge >= 0.3 is 11.9 Å². The fraction of sp³-hybridized carbons (Fsp3) is 0.0833. The highest BCUT2D eigenvalue weighted by Crippen LogP contribution is 2.33. The number of pyridine rings is 2. The van der Waals surface area contributed by atoms with Gasteiger partial charge in [-0.3, -0.25) is 9.97 Å². The van der Waals surface area contributed by atoms with Crippen molar-refractivity contribution >= 4 is 35.0 Å². The molecule has 156 valence electrons. The Hall–Kier alpha value is -4.82. The van der Waals surface area contributed by atoms with Crippen molar-refractivity contribution in [3.8, 4) is 23.4 Å². The Morgan fingerprint density at radius 1 is 0.938 bits per heavy atom. The van der Waals surface area contributed by atoms with Gasteiger partial charge < -0.3 is 10.2 Å². The van der Waals surface area contributed by atoms with E-state index in [0.29, 0.717) is 44.7 Å². The van der Waals surface area contributed by atoms with E-state index in [-0.39, 0.29) is 0 Å². The number of nitriles is 2. The molecule has 0 fully saturated rings. The van der Waals surface area contributed by atoms with Crippen molar-refractivity contribution in [2.45, 2.75) is 13.8 Å². The summed E-state index contributed by atoms with van der Waals surface area (Å²) in [5.74, 6) is -2.71. The first kappa shape index (κ1) is 21.9. The molecule has 8 heteroatoms. The molecule has 0 aliphatic rings. The van der Waals surface area contributed by atoms with Gasteiger partial charge in [-0.1, -0.05) is 18.2 Å². The minimum Gasteiger partial charge on any atom is -0.477 e. The zero-order valence-corrected chi connectivity index (χ0v) is 17.1. The Kier molecular flexibility index (Phi) is 6.09.